The van der Waals surface area contributed by atoms with Crippen molar-refractivity contribution < 1.29 is 14.3 Å². The third kappa shape index (κ3) is 2.65. The largest absolute Gasteiger partial charge is 0.378 e. The van der Waals surface area contributed by atoms with Crippen molar-refractivity contribution in [2.45, 2.75) is 26.1 Å². The van der Waals surface area contributed by atoms with Gasteiger partial charge in [0.25, 0.3) is 0 Å². The van der Waals surface area contributed by atoms with Crippen LogP contribution in [0.4, 0.5) is 4.79 Å². The first-order valence-corrected chi connectivity index (χ1v) is 5.94. The quantitative estimate of drug-likeness (QED) is 0.608. The molecule has 0 aromatic carbocycles. The van der Waals surface area contributed by atoms with Gasteiger partial charge in [-0.15, -0.1) is 0 Å². The van der Waals surface area contributed by atoms with Crippen LogP contribution in [0.25, 0.3) is 0 Å². The van der Waals surface area contributed by atoms with Crippen LogP contribution in [0.2, 0.25) is 0 Å². The van der Waals surface area contributed by atoms with Crippen molar-refractivity contribution in [1.82, 2.24) is 9.80 Å². The number of rotatable bonds is 0. The Morgan fingerprint density at radius 1 is 1.06 bits per heavy atom. The van der Waals surface area contributed by atoms with E-state index in [0.717, 1.165) is 0 Å². The lowest BCUT2D eigenvalue weighted by Crippen LogP contribution is -2.54. The van der Waals surface area contributed by atoms with Crippen LogP contribution in [-0.2, 0) is 9.47 Å². The second-order valence-electron chi connectivity index (χ2n) is 4.54. The average molecular weight is 228 g/mol. The third-order valence-corrected chi connectivity index (χ3v) is 2.97. The molecule has 2 atom stereocenters. The number of carbonyl (C=O) groups is 1. The van der Waals surface area contributed by atoms with Gasteiger partial charge in [-0.1, -0.05) is 0 Å². The summed E-state index contributed by atoms with van der Waals surface area (Å²) in [6, 6.07) is 0.130. The van der Waals surface area contributed by atoms with Gasteiger partial charge in [0.05, 0.1) is 25.4 Å². The van der Waals surface area contributed by atoms with Crippen molar-refractivity contribution in [3.63, 3.8) is 0 Å². The van der Waals surface area contributed by atoms with Gasteiger partial charge in [0, 0.05) is 26.2 Å². The van der Waals surface area contributed by atoms with Crippen molar-refractivity contribution in [2.75, 3.05) is 39.4 Å². The third-order valence-electron chi connectivity index (χ3n) is 2.97. The van der Waals surface area contributed by atoms with E-state index in [2.05, 4.69) is 0 Å². The van der Waals surface area contributed by atoms with Gasteiger partial charge in [0.2, 0.25) is 0 Å². The highest BCUT2D eigenvalue weighted by molar-refractivity contribution is 5.74. The number of carbonyl (C=O) groups excluding carboxylic acids is 1. The van der Waals surface area contributed by atoms with E-state index in [1.807, 2.05) is 23.6 Å². The Labute approximate surface area is 96.3 Å². The first-order chi connectivity index (χ1) is 7.66. The average Bonchev–Trinajstić information content (AvgIpc) is 2.28. The normalized spacial score (nSPS) is 31.6. The first kappa shape index (κ1) is 11.7. The minimum Gasteiger partial charge on any atom is -0.378 e. The standard InChI is InChI=1S/C11H20N2O3/c1-9-7-13(8-10(2)16-9)11(14)12-3-5-15-6-4-12/h9-10H,3-8H2,1-2H3/t9-,10-/m1/s1. The summed E-state index contributed by atoms with van der Waals surface area (Å²) in [7, 11) is 0. The van der Waals surface area contributed by atoms with Gasteiger partial charge < -0.3 is 19.3 Å². The second-order valence-corrected chi connectivity index (χ2v) is 4.54. The molecule has 0 saturated carbocycles. The van der Waals surface area contributed by atoms with Crippen molar-refractivity contribution in [3.8, 4) is 0 Å². The number of morpholine rings is 2. The molecule has 0 radical (unpaired) electrons. The van der Waals surface area contributed by atoms with Crippen molar-refractivity contribution in [2.24, 2.45) is 0 Å². The van der Waals surface area contributed by atoms with Crippen LogP contribution in [0.15, 0.2) is 0 Å². The Bertz CT molecular complexity index is 244. The molecule has 2 aliphatic rings. The second kappa shape index (κ2) is 5.01. The van der Waals surface area contributed by atoms with E-state index in [-0.39, 0.29) is 18.2 Å². The fourth-order valence-electron chi connectivity index (χ4n) is 2.29. The molecule has 92 valence electrons. The Hall–Kier alpha value is -0.810. The number of nitrogens with zero attached hydrogens (tertiary/aromatic N) is 2. The predicted octanol–water partition coefficient (Wildman–Crippen LogP) is 0.548. The van der Waals surface area contributed by atoms with Gasteiger partial charge in [0.15, 0.2) is 0 Å². The summed E-state index contributed by atoms with van der Waals surface area (Å²) in [5, 5.41) is 0. The topological polar surface area (TPSA) is 42.0 Å². The van der Waals surface area contributed by atoms with Gasteiger partial charge in [-0.2, -0.15) is 0 Å². The zero-order valence-corrected chi connectivity index (χ0v) is 10.0. The molecule has 2 aliphatic heterocycles. The molecule has 2 amide bonds. The van der Waals surface area contributed by atoms with Gasteiger partial charge in [0.1, 0.15) is 0 Å². The van der Waals surface area contributed by atoms with Crippen LogP contribution < -0.4 is 0 Å². The molecular weight excluding hydrogens is 208 g/mol. The van der Waals surface area contributed by atoms with Crippen LogP contribution >= 0.6 is 0 Å². The molecule has 0 aromatic rings. The minimum absolute atomic E-state index is 0.130. The fourth-order valence-corrected chi connectivity index (χ4v) is 2.29. The molecule has 5 heteroatoms. The summed E-state index contributed by atoms with van der Waals surface area (Å²) in [4.78, 5) is 15.9. The molecule has 0 spiro atoms. The Kier molecular flexibility index (Phi) is 3.66. The number of ether oxygens (including phenoxy) is 2. The highest BCUT2D eigenvalue weighted by Crippen LogP contribution is 2.13. The molecule has 0 bridgehead atoms. The van der Waals surface area contributed by atoms with Crippen LogP contribution in [0, 0.1) is 0 Å². The minimum atomic E-state index is 0.130. The maximum absolute atomic E-state index is 12.2. The fraction of sp³-hybridized carbons (Fsp3) is 0.909. The van der Waals surface area contributed by atoms with Crippen molar-refractivity contribution >= 4 is 6.03 Å². The van der Waals surface area contributed by atoms with Crippen molar-refractivity contribution in [3.05, 3.63) is 0 Å². The summed E-state index contributed by atoms with van der Waals surface area (Å²) in [6.45, 7) is 8.13. The molecule has 2 fully saturated rings. The molecule has 0 unspecified atom stereocenters. The maximum atomic E-state index is 12.2. The maximum Gasteiger partial charge on any atom is 0.320 e. The van der Waals surface area contributed by atoms with E-state index in [1.54, 1.807) is 0 Å². The number of hydrogen-bond acceptors (Lipinski definition) is 3. The molecule has 5 nitrogen and oxygen atoms in total. The molecule has 2 rings (SSSR count). The summed E-state index contributed by atoms with van der Waals surface area (Å²) >= 11 is 0. The Morgan fingerprint density at radius 3 is 2.19 bits per heavy atom. The molecule has 0 N–H and O–H groups in total. The smallest absolute Gasteiger partial charge is 0.320 e. The van der Waals surface area contributed by atoms with E-state index in [4.69, 9.17) is 9.47 Å². The number of urea groups is 1. The predicted molar refractivity (Wildman–Crippen MR) is 59.4 cm³/mol. The Balaban J connectivity index is 1.92. The SMILES string of the molecule is C[C@@H]1CN(C(=O)N2CCOCC2)C[C@@H](C)O1. The van der Waals surface area contributed by atoms with Crippen LogP contribution in [0.3, 0.4) is 0 Å². The van der Waals surface area contributed by atoms with E-state index in [9.17, 15) is 4.79 Å². The van der Waals surface area contributed by atoms with Gasteiger partial charge in [-0.25, -0.2) is 4.79 Å². The summed E-state index contributed by atoms with van der Waals surface area (Å²) < 4.78 is 10.9. The molecule has 0 aliphatic carbocycles. The van der Waals surface area contributed by atoms with Crippen LogP contribution in [0.5, 0.6) is 0 Å². The van der Waals surface area contributed by atoms with E-state index >= 15 is 0 Å². The Morgan fingerprint density at radius 2 is 1.62 bits per heavy atom. The summed E-state index contributed by atoms with van der Waals surface area (Å²) in [5.74, 6) is 0. The van der Waals surface area contributed by atoms with E-state index < -0.39 is 0 Å². The van der Waals surface area contributed by atoms with Gasteiger partial charge in [-0.3, -0.25) is 0 Å². The van der Waals surface area contributed by atoms with Crippen LogP contribution in [-0.4, -0.2) is 67.4 Å². The molecule has 2 saturated heterocycles. The zero-order valence-electron chi connectivity index (χ0n) is 10.0. The van der Waals surface area contributed by atoms with E-state index in [0.29, 0.717) is 39.4 Å². The number of hydrogen-bond donors (Lipinski definition) is 0. The molecule has 0 aromatic heterocycles. The first-order valence-electron chi connectivity index (χ1n) is 5.94. The summed E-state index contributed by atoms with van der Waals surface area (Å²) in [6.07, 6.45) is 0.266. The van der Waals surface area contributed by atoms with Crippen LogP contribution in [0.1, 0.15) is 13.8 Å². The van der Waals surface area contributed by atoms with E-state index in [1.165, 1.54) is 0 Å². The monoisotopic (exact) mass is 228 g/mol. The highest BCUT2D eigenvalue weighted by Gasteiger charge is 2.29. The summed E-state index contributed by atoms with van der Waals surface area (Å²) in [5.41, 5.74) is 0. The molecule has 2 heterocycles. The van der Waals surface area contributed by atoms with Gasteiger partial charge >= 0.3 is 6.03 Å². The zero-order chi connectivity index (χ0) is 11.5. The molecule has 16 heavy (non-hydrogen) atoms. The highest BCUT2D eigenvalue weighted by atomic mass is 16.5. The lowest BCUT2D eigenvalue weighted by molar-refractivity contribution is -0.0610. The number of amides is 2. The van der Waals surface area contributed by atoms with Crippen molar-refractivity contribution in [1.29, 1.82) is 0 Å². The van der Waals surface area contributed by atoms with Gasteiger partial charge in [-0.05, 0) is 13.8 Å². The molecular formula is C11H20N2O3. The lowest BCUT2D eigenvalue weighted by atomic mass is 10.2. The lowest BCUT2D eigenvalue weighted by Gasteiger charge is -2.39.